The van der Waals surface area contributed by atoms with Crippen molar-refractivity contribution in [3.8, 4) is 11.3 Å². The van der Waals surface area contributed by atoms with E-state index in [0.717, 1.165) is 0 Å². The summed E-state index contributed by atoms with van der Waals surface area (Å²) in [6.07, 6.45) is 1.56. The number of amides is 1. The van der Waals surface area contributed by atoms with Gasteiger partial charge in [-0.15, -0.1) is 0 Å². The van der Waals surface area contributed by atoms with Gasteiger partial charge >= 0.3 is 0 Å². The quantitative estimate of drug-likeness (QED) is 0.645. The molecule has 0 spiro atoms. The third kappa shape index (κ3) is 2.97. The van der Waals surface area contributed by atoms with E-state index >= 15 is 0 Å². The molecule has 0 aliphatic carbocycles. The minimum Gasteiger partial charge on any atom is -0.394 e. The molecule has 4 N–H and O–H groups in total. The summed E-state index contributed by atoms with van der Waals surface area (Å²) in [4.78, 5) is 15.7. The van der Waals surface area contributed by atoms with Crippen LogP contribution in [0, 0.1) is 5.82 Å². The van der Waals surface area contributed by atoms with E-state index in [1.807, 2.05) is 0 Å². The Morgan fingerprint density at radius 3 is 2.74 bits per heavy atom. The van der Waals surface area contributed by atoms with Crippen LogP contribution in [0.15, 0.2) is 42.6 Å². The molecule has 0 aliphatic rings. The zero-order chi connectivity index (χ0) is 16.4. The third-order valence-electron chi connectivity index (χ3n) is 3.35. The SMILES string of the molecule is NC(=O)[C@H](CO)Nc1cc(-c2ccc(F)cc2)nc2ccnn12. The first-order chi connectivity index (χ1) is 11.1. The lowest BCUT2D eigenvalue weighted by atomic mass is 10.1. The van der Waals surface area contributed by atoms with Crippen molar-refractivity contribution < 1.29 is 14.3 Å². The van der Waals surface area contributed by atoms with Crippen LogP contribution in [-0.4, -0.2) is 38.3 Å². The number of aliphatic hydroxyl groups is 1. The lowest BCUT2D eigenvalue weighted by Gasteiger charge is -2.15. The van der Waals surface area contributed by atoms with Crippen molar-refractivity contribution in [1.82, 2.24) is 14.6 Å². The Kier molecular flexibility index (Phi) is 3.90. The summed E-state index contributed by atoms with van der Waals surface area (Å²) in [6, 6.07) is 8.27. The largest absolute Gasteiger partial charge is 0.394 e. The van der Waals surface area contributed by atoms with E-state index in [4.69, 9.17) is 5.73 Å². The van der Waals surface area contributed by atoms with Gasteiger partial charge in [-0.25, -0.2) is 9.37 Å². The molecule has 2 heterocycles. The van der Waals surface area contributed by atoms with E-state index in [1.165, 1.54) is 16.6 Å². The number of primary amides is 1. The van der Waals surface area contributed by atoms with E-state index < -0.39 is 18.6 Å². The van der Waals surface area contributed by atoms with Crippen molar-refractivity contribution in [2.45, 2.75) is 6.04 Å². The summed E-state index contributed by atoms with van der Waals surface area (Å²) in [5, 5.41) is 16.2. The number of rotatable bonds is 5. The normalized spacial score (nSPS) is 12.3. The molecule has 23 heavy (non-hydrogen) atoms. The maximum Gasteiger partial charge on any atom is 0.242 e. The van der Waals surface area contributed by atoms with E-state index in [-0.39, 0.29) is 5.82 Å². The van der Waals surface area contributed by atoms with Crippen LogP contribution < -0.4 is 11.1 Å². The topological polar surface area (TPSA) is 106 Å². The molecule has 7 nitrogen and oxygen atoms in total. The maximum atomic E-state index is 13.1. The van der Waals surface area contributed by atoms with Gasteiger partial charge in [0.05, 0.1) is 18.5 Å². The van der Waals surface area contributed by atoms with E-state index in [1.54, 1.807) is 30.5 Å². The molecule has 118 valence electrons. The van der Waals surface area contributed by atoms with Gasteiger partial charge in [-0.2, -0.15) is 9.61 Å². The maximum absolute atomic E-state index is 13.1. The Labute approximate surface area is 130 Å². The molecule has 0 fully saturated rings. The fourth-order valence-electron chi connectivity index (χ4n) is 2.17. The van der Waals surface area contributed by atoms with Crippen LogP contribution in [0.5, 0.6) is 0 Å². The highest BCUT2D eigenvalue weighted by Crippen LogP contribution is 2.22. The van der Waals surface area contributed by atoms with Crippen LogP contribution in [0.2, 0.25) is 0 Å². The number of hydrogen-bond donors (Lipinski definition) is 3. The summed E-state index contributed by atoms with van der Waals surface area (Å²) >= 11 is 0. The first kappa shape index (κ1) is 14.9. The second-order valence-corrected chi connectivity index (χ2v) is 4.92. The Balaban J connectivity index is 2.07. The van der Waals surface area contributed by atoms with Crippen LogP contribution in [0.4, 0.5) is 10.2 Å². The molecule has 8 heteroatoms. The molecule has 0 saturated heterocycles. The average Bonchev–Trinajstić information content (AvgIpc) is 3.01. The monoisotopic (exact) mass is 315 g/mol. The molecule has 0 saturated carbocycles. The van der Waals surface area contributed by atoms with Crippen molar-refractivity contribution in [3.05, 3.63) is 48.4 Å². The smallest absolute Gasteiger partial charge is 0.242 e. The lowest BCUT2D eigenvalue weighted by molar-refractivity contribution is -0.119. The molecule has 1 amide bonds. The Morgan fingerprint density at radius 2 is 2.09 bits per heavy atom. The van der Waals surface area contributed by atoms with Crippen molar-refractivity contribution in [2.75, 3.05) is 11.9 Å². The second-order valence-electron chi connectivity index (χ2n) is 4.92. The minimum atomic E-state index is -0.953. The molecule has 1 aromatic carbocycles. The highest BCUT2D eigenvalue weighted by molar-refractivity contribution is 5.83. The molecule has 2 aromatic heterocycles. The van der Waals surface area contributed by atoms with Gasteiger partial charge in [-0.3, -0.25) is 4.79 Å². The number of carbonyl (C=O) groups is 1. The van der Waals surface area contributed by atoms with Gasteiger partial charge in [-0.1, -0.05) is 0 Å². The zero-order valence-corrected chi connectivity index (χ0v) is 12.0. The number of aliphatic hydroxyl groups excluding tert-OH is 1. The Hall–Kier alpha value is -3.00. The Bertz CT molecular complexity index is 847. The highest BCUT2D eigenvalue weighted by Gasteiger charge is 2.16. The van der Waals surface area contributed by atoms with Gasteiger partial charge in [0.1, 0.15) is 17.7 Å². The number of hydrogen-bond acceptors (Lipinski definition) is 5. The molecular formula is C15H14FN5O2. The van der Waals surface area contributed by atoms with Crippen LogP contribution in [0.25, 0.3) is 16.9 Å². The molecule has 0 bridgehead atoms. The fourth-order valence-corrected chi connectivity index (χ4v) is 2.17. The number of nitrogens with two attached hydrogens (primary N) is 1. The molecule has 0 aliphatic heterocycles. The predicted molar refractivity (Wildman–Crippen MR) is 82.1 cm³/mol. The molecule has 3 rings (SSSR count). The van der Waals surface area contributed by atoms with Gasteiger partial charge in [-0.05, 0) is 24.3 Å². The van der Waals surface area contributed by atoms with Gasteiger partial charge in [0.2, 0.25) is 5.91 Å². The average molecular weight is 315 g/mol. The summed E-state index contributed by atoms with van der Waals surface area (Å²) < 4.78 is 14.6. The first-order valence-electron chi connectivity index (χ1n) is 6.86. The van der Waals surface area contributed by atoms with Crippen LogP contribution in [0.3, 0.4) is 0 Å². The second kappa shape index (κ2) is 6.01. The molecule has 0 radical (unpaired) electrons. The van der Waals surface area contributed by atoms with E-state index in [9.17, 15) is 14.3 Å². The number of benzene rings is 1. The first-order valence-corrected chi connectivity index (χ1v) is 6.86. The number of fused-ring (bicyclic) bond motifs is 1. The lowest BCUT2D eigenvalue weighted by Crippen LogP contribution is -2.38. The molecular weight excluding hydrogens is 301 g/mol. The molecule has 0 unspecified atom stereocenters. The fraction of sp³-hybridized carbons (Fsp3) is 0.133. The summed E-state index contributed by atoms with van der Waals surface area (Å²) in [5.74, 6) is -0.586. The van der Waals surface area contributed by atoms with E-state index in [2.05, 4.69) is 15.4 Å². The number of nitrogens with one attached hydrogen (secondary N) is 1. The van der Waals surface area contributed by atoms with Crippen LogP contribution in [0.1, 0.15) is 0 Å². The summed E-state index contributed by atoms with van der Waals surface area (Å²) in [5.41, 5.74) is 7.05. The predicted octanol–water partition coefficient (Wildman–Crippen LogP) is 0.793. The highest BCUT2D eigenvalue weighted by atomic mass is 19.1. The van der Waals surface area contributed by atoms with Crippen molar-refractivity contribution in [3.63, 3.8) is 0 Å². The van der Waals surface area contributed by atoms with Gasteiger partial charge in [0, 0.05) is 17.7 Å². The number of halogens is 1. The van der Waals surface area contributed by atoms with Crippen LogP contribution in [-0.2, 0) is 4.79 Å². The van der Waals surface area contributed by atoms with Crippen molar-refractivity contribution in [2.24, 2.45) is 5.73 Å². The van der Waals surface area contributed by atoms with Crippen molar-refractivity contribution in [1.29, 1.82) is 0 Å². The van der Waals surface area contributed by atoms with Crippen LogP contribution >= 0.6 is 0 Å². The molecule has 1 atom stereocenters. The standard InChI is InChI=1S/C15H14FN5O2/c16-10-3-1-9(2-4-10)11-7-14(20-12(8-22)15(17)23)21-13(19-11)5-6-18-21/h1-7,12,20,22H,8H2,(H2,17,23)/t12-/m0/s1. The third-order valence-corrected chi connectivity index (χ3v) is 3.35. The summed E-state index contributed by atoms with van der Waals surface area (Å²) in [7, 11) is 0. The number of carbonyl (C=O) groups excluding carboxylic acids is 1. The molecule has 3 aromatic rings. The Morgan fingerprint density at radius 1 is 1.35 bits per heavy atom. The number of aromatic nitrogens is 3. The van der Waals surface area contributed by atoms with Gasteiger partial charge < -0.3 is 16.2 Å². The van der Waals surface area contributed by atoms with Gasteiger partial charge in [0.25, 0.3) is 0 Å². The minimum absolute atomic E-state index is 0.341. The van der Waals surface area contributed by atoms with Crippen molar-refractivity contribution >= 4 is 17.4 Å². The number of anilines is 1. The van der Waals surface area contributed by atoms with Gasteiger partial charge in [0.15, 0.2) is 5.65 Å². The summed E-state index contributed by atoms with van der Waals surface area (Å²) in [6.45, 7) is -0.452. The van der Waals surface area contributed by atoms with E-state index in [0.29, 0.717) is 22.7 Å². The zero-order valence-electron chi connectivity index (χ0n) is 12.0. The number of nitrogens with zero attached hydrogens (tertiary/aromatic N) is 3.